The van der Waals surface area contributed by atoms with Crippen LogP contribution < -0.4 is 4.74 Å². The summed E-state index contributed by atoms with van der Waals surface area (Å²) in [6, 6.07) is 8.06. The molecular formula is C16H20ClNOS. The van der Waals surface area contributed by atoms with E-state index in [9.17, 15) is 0 Å². The fourth-order valence-corrected chi connectivity index (χ4v) is 3.22. The molecule has 108 valence electrons. The molecule has 0 amide bonds. The van der Waals surface area contributed by atoms with Crippen LogP contribution >= 0.6 is 22.9 Å². The topological polar surface area (TPSA) is 22.1 Å². The first-order chi connectivity index (χ1) is 9.60. The van der Waals surface area contributed by atoms with Crippen molar-refractivity contribution >= 4 is 22.9 Å². The van der Waals surface area contributed by atoms with E-state index in [2.05, 4.69) is 24.9 Å². The number of aromatic nitrogens is 1. The summed E-state index contributed by atoms with van der Waals surface area (Å²) in [5, 5.41) is 0. The summed E-state index contributed by atoms with van der Waals surface area (Å²) in [7, 11) is 0. The number of hydrogen-bond acceptors (Lipinski definition) is 3. The highest BCUT2D eigenvalue weighted by atomic mass is 35.5. The number of nitrogens with zero attached hydrogens (tertiary/aromatic N) is 1. The van der Waals surface area contributed by atoms with Crippen molar-refractivity contribution in [3.63, 3.8) is 0 Å². The highest BCUT2D eigenvalue weighted by Crippen LogP contribution is 2.33. The molecule has 1 aromatic carbocycles. The third kappa shape index (κ3) is 3.97. The molecule has 1 aromatic heterocycles. The normalized spacial score (nSPS) is 11.1. The molecule has 0 N–H and O–H groups in total. The molecule has 0 aliphatic rings. The van der Waals surface area contributed by atoms with E-state index < -0.39 is 0 Å². The van der Waals surface area contributed by atoms with Gasteiger partial charge in [-0.25, -0.2) is 4.98 Å². The Labute approximate surface area is 129 Å². The molecule has 0 unspecified atom stereocenters. The number of benzene rings is 1. The Morgan fingerprint density at radius 1 is 1.35 bits per heavy atom. The third-order valence-corrected chi connectivity index (χ3v) is 4.26. The zero-order chi connectivity index (χ0) is 14.5. The van der Waals surface area contributed by atoms with E-state index in [4.69, 9.17) is 16.3 Å². The smallest absolute Gasteiger partial charge is 0.184 e. The SMILES string of the molecule is CCOc1cccc(-c2nc(Cl)sc2CCC(C)C)c1. The Morgan fingerprint density at radius 2 is 2.15 bits per heavy atom. The average Bonchev–Trinajstić information content (AvgIpc) is 2.78. The van der Waals surface area contributed by atoms with Crippen LogP contribution in [0.25, 0.3) is 11.3 Å². The van der Waals surface area contributed by atoms with Gasteiger partial charge in [0.05, 0.1) is 12.3 Å². The summed E-state index contributed by atoms with van der Waals surface area (Å²) in [5.41, 5.74) is 2.08. The number of hydrogen-bond donors (Lipinski definition) is 0. The molecule has 1 heterocycles. The minimum atomic E-state index is 0.612. The van der Waals surface area contributed by atoms with Crippen LogP contribution in [0.15, 0.2) is 24.3 Å². The van der Waals surface area contributed by atoms with E-state index in [0.29, 0.717) is 17.0 Å². The van der Waals surface area contributed by atoms with Gasteiger partial charge in [-0.1, -0.05) is 37.6 Å². The molecule has 2 nitrogen and oxygen atoms in total. The van der Waals surface area contributed by atoms with Crippen LogP contribution in [-0.2, 0) is 6.42 Å². The first-order valence-electron chi connectivity index (χ1n) is 6.98. The standard InChI is InChI=1S/C16H20ClNOS/c1-4-19-13-7-5-6-12(10-13)15-14(9-8-11(2)3)20-16(17)18-15/h5-7,10-11H,4,8-9H2,1-3H3. The van der Waals surface area contributed by atoms with E-state index >= 15 is 0 Å². The second-order valence-electron chi connectivity index (χ2n) is 5.13. The van der Waals surface area contributed by atoms with Crippen molar-refractivity contribution in [1.82, 2.24) is 4.98 Å². The van der Waals surface area contributed by atoms with Crippen molar-refractivity contribution in [1.29, 1.82) is 0 Å². The molecule has 0 atom stereocenters. The predicted octanol–water partition coefficient (Wildman–Crippen LogP) is 5.45. The van der Waals surface area contributed by atoms with Gasteiger partial charge in [0.15, 0.2) is 4.47 Å². The van der Waals surface area contributed by atoms with Crippen LogP contribution in [0, 0.1) is 5.92 Å². The molecule has 0 spiro atoms. The predicted molar refractivity (Wildman–Crippen MR) is 86.9 cm³/mol. The second-order valence-corrected chi connectivity index (χ2v) is 6.80. The van der Waals surface area contributed by atoms with Gasteiger partial charge in [-0.3, -0.25) is 0 Å². The number of thiazole rings is 1. The van der Waals surface area contributed by atoms with E-state index in [1.807, 2.05) is 25.1 Å². The van der Waals surface area contributed by atoms with Crippen LogP contribution in [-0.4, -0.2) is 11.6 Å². The van der Waals surface area contributed by atoms with Crippen molar-refractivity contribution in [2.24, 2.45) is 5.92 Å². The van der Waals surface area contributed by atoms with Gasteiger partial charge < -0.3 is 4.74 Å². The largest absolute Gasteiger partial charge is 0.494 e. The number of aryl methyl sites for hydroxylation is 1. The lowest BCUT2D eigenvalue weighted by Gasteiger charge is -2.07. The molecule has 0 aliphatic carbocycles. The number of halogens is 1. The molecule has 0 radical (unpaired) electrons. The van der Waals surface area contributed by atoms with Crippen molar-refractivity contribution in [3.8, 4) is 17.0 Å². The van der Waals surface area contributed by atoms with Gasteiger partial charge in [-0.2, -0.15) is 0 Å². The Bertz CT molecular complexity index is 565. The molecule has 0 saturated heterocycles. The maximum atomic E-state index is 6.11. The summed E-state index contributed by atoms with van der Waals surface area (Å²) < 4.78 is 6.17. The Hall–Kier alpha value is -1.06. The Kier molecular flexibility index (Phi) is 5.44. The van der Waals surface area contributed by atoms with Crippen LogP contribution in [0.2, 0.25) is 4.47 Å². The number of rotatable bonds is 6. The first-order valence-corrected chi connectivity index (χ1v) is 8.18. The van der Waals surface area contributed by atoms with Gasteiger partial charge in [0.2, 0.25) is 0 Å². The summed E-state index contributed by atoms with van der Waals surface area (Å²) in [6.45, 7) is 7.12. The molecular weight excluding hydrogens is 290 g/mol. The van der Waals surface area contributed by atoms with E-state index in [1.165, 1.54) is 4.88 Å². The molecule has 0 aliphatic heterocycles. The maximum Gasteiger partial charge on any atom is 0.184 e. The number of ether oxygens (including phenoxy) is 1. The summed E-state index contributed by atoms with van der Waals surface area (Å²) in [4.78, 5) is 5.75. The van der Waals surface area contributed by atoms with Crippen molar-refractivity contribution in [2.75, 3.05) is 6.61 Å². The molecule has 20 heavy (non-hydrogen) atoms. The second kappa shape index (κ2) is 7.09. The molecule has 4 heteroatoms. The van der Waals surface area contributed by atoms with Gasteiger partial charge >= 0.3 is 0 Å². The van der Waals surface area contributed by atoms with Crippen LogP contribution in [0.5, 0.6) is 5.75 Å². The highest BCUT2D eigenvalue weighted by molar-refractivity contribution is 7.16. The van der Waals surface area contributed by atoms with Crippen LogP contribution in [0.1, 0.15) is 32.1 Å². The first kappa shape index (κ1) is 15.3. The van der Waals surface area contributed by atoms with Gasteiger partial charge in [0, 0.05) is 10.4 Å². The minimum Gasteiger partial charge on any atom is -0.494 e. The van der Waals surface area contributed by atoms with Crippen molar-refractivity contribution in [3.05, 3.63) is 33.6 Å². The van der Waals surface area contributed by atoms with Gasteiger partial charge in [-0.05, 0) is 37.8 Å². The fourth-order valence-electron chi connectivity index (χ4n) is 2.04. The lowest BCUT2D eigenvalue weighted by molar-refractivity contribution is 0.340. The van der Waals surface area contributed by atoms with Gasteiger partial charge in [-0.15, -0.1) is 11.3 Å². The quantitative estimate of drug-likeness (QED) is 0.707. The van der Waals surface area contributed by atoms with Crippen LogP contribution in [0.4, 0.5) is 0 Å². The Morgan fingerprint density at radius 3 is 2.85 bits per heavy atom. The summed E-state index contributed by atoms with van der Waals surface area (Å²) in [6.07, 6.45) is 2.17. The minimum absolute atomic E-state index is 0.612. The Balaban J connectivity index is 2.29. The van der Waals surface area contributed by atoms with E-state index in [-0.39, 0.29) is 0 Å². The molecule has 0 fully saturated rings. The van der Waals surface area contributed by atoms with Crippen molar-refractivity contribution in [2.45, 2.75) is 33.6 Å². The van der Waals surface area contributed by atoms with Gasteiger partial charge in [0.25, 0.3) is 0 Å². The molecule has 0 saturated carbocycles. The zero-order valence-electron chi connectivity index (χ0n) is 12.1. The van der Waals surface area contributed by atoms with E-state index in [1.54, 1.807) is 11.3 Å². The van der Waals surface area contributed by atoms with E-state index in [0.717, 1.165) is 29.8 Å². The molecule has 0 bridgehead atoms. The monoisotopic (exact) mass is 309 g/mol. The summed E-state index contributed by atoms with van der Waals surface area (Å²) in [5.74, 6) is 1.56. The average molecular weight is 310 g/mol. The highest BCUT2D eigenvalue weighted by Gasteiger charge is 2.13. The molecule has 2 rings (SSSR count). The van der Waals surface area contributed by atoms with Gasteiger partial charge in [0.1, 0.15) is 5.75 Å². The lowest BCUT2D eigenvalue weighted by Crippen LogP contribution is -1.94. The molecule has 2 aromatic rings. The van der Waals surface area contributed by atoms with Crippen molar-refractivity contribution < 1.29 is 4.74 Å². The lowest BCUT2D eigenvalue weighted by atomic mass is 10.0. The third-order valence-electron chi connectivity index (χ3n) is 3.04. The fraction of sp³-hybridized carbons (Fsp3) is 0.438. The maximum absolute atomic E-state index is 6.11. The van der Waals surface area contributed by atoms with Crippen LogP contribution in [0.3, 0.4) is 0 Å². The zero-order valence-corrected chi connectivity index (χ0v) is 13.7. The summed E-state index contributed by atoms with van der Waals surface area (Å²) >= 11 is 7.69.